The van der Waals surface area contributed by atoms with Crippen molar-refractivity contribution in [2.75, 3.05) is 6.61 Å². The Hall–Kier alpha value is -3.78. The Morgan fingerprint density at radius 1 is 1.03 bits per heavy atom. The number of esters is 1. The van der Waals surface area contributed by atoms with E-state index in [-0.39, 0.29) is 24.4 Å². The van der Waals surface area contributed by atoms with Gasteiger partial charge in [0.15, 0.2) is 5.69 Å². The van der Waals surface area contributed by atoms with Crippen molar-refractivity contribution in [1.82, 2.24) is 15.3 Å². The number of carbonyl (C=O) groups excluding carboxylic acids is 2. The van der Waals surface area contributed by atoms with Crippen LogP contribution in [-0.4, -0.2) is 45.6 Å². The highest BCUT2D eigenvalue weighted by Crippen LogP contribution is 2.23. The number of nitrogens with one attached hydrogen (secondary N) is 1. The van der Waals surface area contributed by atoms with Crippen LogP contribution in [0.5, 0.6) is 0 Å². The lowest BCUT2D eigenvalue weighted by Gasteiger charge is -2.18. The molecule has 1 atom stereocenters. The molecule has 2 N–H and O–H groups in total. The molecule has 2 aromatic carbocycles. The number of halogens is 1. The van der Waals surface area contributed by atoms with Gasteiger partial charge in [-0.15, -0.1) is 0 Å². The second-order valence-electron chi connectivity index (χ2n) is 7.18. The summed E-state index contributed by atoms with van der Waals surface area (Å²) in [7, 11) is 0. The van der Waals surface area contributed by atoms with Crippen molar-refractivity contribution in [3.63, 3.8) is 0 Å². The molecule has 1 amide bonds. The van der Waals surface area contributed by atoms with Gasteiger partial charge in [0.1, 0.15) is 12.0 Å². The molecule has 0 unspecified atom stereocenters. The molecule has 0 bridgehead atoms. The van der Waals surface area contributed by atoms with E-state index in [1.165, 1.54) is 0 Å². The van der Waals surface area contributed by atoms with E-state index in [1.807, 2.05) is 42.5 Å². The molecular weight excluding hydrogens is 446 g/mol. The second-order valence-corrected chi connectivity index (χ2v) is 7.62. The van der Waals surface area contributed by atoms with Crippen molar-refractivity contribution < 1.29 is 24.2 Å². The number of nitrogens with zero attached hydrogens (tertiary/aromatic N) is 2. The molecule has 33 heavy (non-hydrogen) atoms. The van der Waals surface area contributed by atoms with Gasteiger partial charge in [-0.25, -0.2) is 14.8 Å². The van der Waals surface area contributed by atoms with E-state index >= 15 is 0 Å². The van der Waals surface area contributed by atoms with Crippen LogP contribution in [0.1, 0.15) is 39.9 Å². The van der Waals surface area contributed by atoms with E-state index in [0.29, 0.717) is 11.4 Å². The van der Waals surface area contributed by atoms with Crippen molar-refractivity contribution in [2.45, 2.75) is 25.8 Å². The van der Waals surface area contributed by atoms with Crippen molar-refractivity contribution in [1.29, 1.82) is 0 Å². The Labute approximate surface area is 195 Å². The number of hydrogen-bond acceptors (Lipinski definition) is 6. The summed E-state index contributed by atoms with van der Waals surface area (Å²) in [5, 5.41) is 12.5. The zero-order chi connectivity index (χ0) is 23.8. The molecule has 0 saturated heterocycles. The van der Waals surface area contributed by atoms with Gasteiger partial charge in [0.05, 0.1) is 13.0 Å². The topological polar surface area (TPSA) is 118 Å². The highest BCUT2D eigenvalue weighted by atomic mass is 35.5. The summed E-state index contributed by atoms with van der Waals surface area (Å²) in [6, 6.07) is 15.7. The number of aromatic nitrogens is 2. The average molecular weight is 468 g/mol. The van der Waals surface area contributed by atoms with Crippen LogP contribution in [0.2, 0.25) is 5.02 Å². The third-order valence-corrected chi connectivity index (χ3v) is 5.00. The fourth-order valence-electron chi connectivity index (χ4n) is 3.24. The lowest BCUT2D eigenvalue weighted by Crippen LogP contribution is -2.39. The molecule has 1 aromatic heterocycles. The molecule has 170 valence electrons. The summed E-state index contributed by atoms with van der Waals surface area (Å²) < 4.78 is 5.03. The number of carbonyl (C=O) groups is 3. The van der Waals surface area contributed by atoms with E-state index < -0.39 is 23.9 Å². The lowest BCUT2D eigenvalue weighted by atomic mass is 9.99. The number of carboxylic acid groups (broad SMARTS) is 1. The van der Waals surface area contributed by atoms with Gasteiger partial charge in [-0.3, -0.25) is 9.59 Å². The van der Waals surface area contributed by atoms with Gasteiger partial charge in [-0.05, 0) is 42.2 Å². The van der Waals surface area contributed by atoms with Gasteiger partial charge in [-0.1, -0.05) is 48.0 Å². The number of hydrogen-bond donors (Lipinski definition) is 2. The quantitative estimate of drug-likeness (QED) is 0.459. The average Bonchev–Trinajstić information content (AvgIpc) is 2.79. The van der Waals surface area contributed by atoms with Crippen LogP contribution in [-0.2, 0) is 16.0 Å². The number of amides is 1. The summed E-state index contributed by atoms with van der Waals surface area (Å²) in [5.41, 5.74) is 2.45. The minimum atomic E-state index is -1.27. The molecule has 3 rings (SSSR count). The summed E-state index contributed by atoms with van der Waals surface area (Å²) in [6.45, 7) is 1.93. The molecule has 0 radical (unpaired) electrons. The Morgan fingerprint density at radius 2 is 1.76 bits per heavy atom. The largest absolute Gasteiger partial charge is 0.477 e. The molecule has 0 aliphatic heterocycles. The first-order valence-electron chi connectivity index (χ1n) is 10.2. The Morgan fingerprint density at radius 3 is 2.42 bits per heavy atom. The van der Waals surface area contributed by atoms with Gasteiger partial charge in [-0.2, -0.15) is 0 Å². The Balaban J connectivity index is 1.76. The Bertz CT molecular complexity index is 1150. The molecule has 0 saturated carbocycles. The number of aromatic carboxylic acids is 1. The van der Waals surface area contributed by atoms with Crippen molar-refractivity contribution >= 4 is 29.4 Å². The van der Waals surface area contributed by atoms with Gasteiger partial charge in [0, 0.05) is 17.1 Å². The van der Waals surface area contributed by atoms with E-state index in [0.717, 1.165) is 29.1 Å². The van der Waals surface area contributed by atoms with Gasteiger partial charge >= 0.3 is 11.9 Å². The monoisotopic (exact) mass is 467 g/mol. The third-order valence-electron chi connectivity index (χ3n) is 4.77. The van der Waals surface area contributed by atoms with Crippen LogP contribution >= 0.6 is 11.6 Å². The predicted molar refractivity (Wildman–Crippen MR) is 122 cm³/mol. The van der Waals surface area contributed by atoms with Crippen LogP contribution in [0.4, 0.5) is 0 Å². The normalized spacial score (nSPS) is 11.5. The zero-order valence-electron chi connectivity index (χ0n) is 17.8. The second kappa shape index (κ2) is 11.2. The first-order valence-corrected chi connectivity index (χ1v) is 10.6. The smallest absolute Gasteiger partial charge is 0.354 e. The van der Waals surface area contributed by atoms with Gasteiger partial charge < -0.3 is 15.2 Å². The molecule has 1 heterocycles. The molecule has 9 heteroatoms. The summed E-state index contributed by atoms with van der Waals surface area (Å²) in [4.78, 5) is 43.3. The lowest BCUT2D eigenvalue weighted by molar-refractivity contribution is -0.143. The number of carboxylic acids is 1. The molecule has 8 nitrogen and oxygen atoms in total. The maximum Gasteiger partial charge on any atom is 0.354 e. The number of ether oxygens (including phenoxy) is 1. The van der Waals surface area contributed by atoms with E-state index in [4.69, 9.17) is 21.4 Å². The van der Waals surface area contributed by atoms with Crippen molar-refractivity contribution in [2.24, 2.45) is 0 Å². The highest BCUT2D eigenvalue weighted by Gasteiger charge is 2.20. The summed E-state index contributed by atoms with van der Waals surface area (Å²) in [5.74, 6) is -2.33. The van der Waals surface area contributed by atoms with Gasteiger partial charge in [0.25, 0.3) is 5.91 Å². The minimum absolute atomic E-state index is 0.0491. The standard InChI is InChI=1S/C24H22ClN3O5/c1-2-33-22(29)12-19(28-23(30)20-13-21(24(31)32)27-14-26-20)10-15-6-8-16(9-7-15)17-4-3-5-18(25)11-17/h3-9,11,13-14,19H,2,10,12H2,1H3,(H,28,30)(H,31,32)/t19-/m1/s1. The summed E-state index contributed by atoms with van der Waals surface area (Å²) in [6.07, 6.45) is 1.32. The SMILES string of the molecule is CCOC(=O)C[C@@H](Cc1ccc(-c2cccc(Cl)c2)cc1)NC(=O)c1cc(C(=O)O)ncn1. The van der Waals surface area contributed by atoms with E-state index in [2.05, 4.69) is 15.3 Å². The number of benzene rings is 2. The number of rotatable bonds is 9. The highest BCUT2D eigenvalue weighted by molar-refractivity contribution is 6.30. The van der Waals surface area contributed by atoms with Crippen molar-refractivity contribution in [3.8, 4) is 11.1 Å². The van der Waals surface area contributed by atoms with Crippen LogP contribution in [0.25, 0.3) is 11.1 Å². The van der Waals surface area contributed by atoms with Crippen LogP contribution in [0.3, 0.4) is 0 Å². The first kappa shape index (κ1) is 23.9. The van der Waals surface area contributed by atoms with Crippen LogP contribution < -0.4 is 5.32 Å². The molecule has 0 spiro atoms. The zero-order valence-corrected chi connectivity index (χ0v) is 18.6. The fourth-order valence-corrected chi connectivity index (χ4v) is 3.43. The molecule has 0 aliphatic carbocycles. The maximum absolute atomic E-state index is 12.7. The molecule has 3 aromatic rings. The van der Waals surface area contributed by atoms with Crippen molar-refractivity contribution in [3.05, 3.63) is 82.9 Å². The summed E-state index contributed by atoms with van der Waals surface area (Å²) >= 11 is 6.07. The predicted octanol–water partition coefficient (Wildman–Crippen LogP) is 3.79. The van der Waals surface area contributed by atoms with Crippen LogP contribution in [0, 0.1) is 0 Å². The molecule has 0 aliphatic rings. The minimum Gasteiger partial charge on any atom is -0.477 e. The van der Waals surface area contributed by atoms with E-state index in [1.54, 1.807) is 13.0 Å². The maximum atomic E-state index is 12.7. The van der Waals surface area contributed by atoms with Crippen LogP contribution in [0.15, 0.2) is 60.9 Å². The molecular formula is C24H22ClN3O5. The fraction of sp³-hybridized carbons (Fsp3) is 0.208. The first-order chi connectivity index (χ1) is 15.9. The third kappa shape index (κ3) is 6.85. The van der Waals surface area contributed by atoms with E-state index in [9.17, 15) is 14.4 Å². The van der Waals surface area contributed by atoms with Gasteiger partial charge in [0.2, 0.25) is 0 Å². The Kier molecular flexibility index (Phi) is 8.10. The molecule has 0 fully saturated rings.